The number of piperidine rings is 1. The number of anilines is 2. The average molecular weight is 437 g/mol. The summed E-state index contributed by atoms with van der Waals surface area (Å²) in [6.07, 6.45) is 6.49. The van der Waals surface area contributed by atoms with Crippen LogP contribution in [0.3, 0.4) is 0 Å². The van der Waals surface area contributed by atoms with Gasteiger partial charge in [-0.25, -0.2) is 9.97 Å². The van der Waals surface area contributed by atoms with E-state index in [-0.39, 0.29) is 6.79 Å². The zero-order chi connectivity index (χ0) is 21.8. The van der Waals surface area contributed by atoms with Gasteiger partial charge in [-0.2, -0.15) is 0 Å². The lowest BCUT2D eigenvalue weighted by molar-refractivity contribution is 0.174. The minimum Gasteiger partial charge on any atom is -0.493 e. The molecule has 0 saturated carbocycles. The molecule has 1 saturated heterocycles. The Morgan fingerprint density at radius 3 is 2.84 bits per heavy atom. The number of nitrogens with zero attached hydrogens (tertiary/aromatic N) is 3. The number of benzene rings is 2. The molecule has 5 rings (SSSR count). The zero-order valence-electron chi connectivity index (χ0n) is 18.3. The monoisotopic (exact) mass is 436 g/mol. The third-order valence-corrected chi connectivity index (χ3v) is 5.90. The van der Waals surface area contributed by atoms with Crippen LogP contribution in [0.1, 0.15) is 25.7 Å². The van der Waals surface area contributed by atoms with Crippen molar-refractivity contribution in [2.24, 2.45) is 0 Å². The van der Waals surface area contributed by atoms with Gasteiger partial charge in [-0.15, -0.1) is 0 Å². The van der Waals surface area contributed by atoms with Crippen molar-refractivity contribution in [1.29, 1.82) is 0 Å². The zero-order valence-corrected chi connectivity index (χ0v) is 18.3. The van der Waals surface area contributed by atoms with Gasteiger partial charge in [0.1, 0.15) is 12.1 Å². The Labute approximate surface area is 187 Å². The van der Waals surface area contributed by atoms with Crippen molar-refractivity contribution in [3.05, 3.63) is 36.7 Å². The number of hydrogen-bond acceptors (Lipinski definition) is 8. The van der Waals surface area contributed by atoms with Crippen LogP contribution in [0.25, 0.3) is 10.9 Å². The van der Waals surface area contributed by atoms with Crippen molar-refractivity contribution in [2.45, 2.75) is 25.7 Å². The van der Waals surface area contributed by atoms with Gasteiger partial charge in [-0.05, 0) is 50.6 Å². The molecule has 8 heteroatoms. The Morgan fingerprint density at radius 1 is 1.06 bits per heavy atom. The van der Waals surface area contributed by atoms with Crippen LogP contribution in [-0.4, -0.2) is 55.0 Å². The summed E-state index contributed by atoms with van der Waals surface area (Å²) in [5, 5.41) is 4.18. The Hall–Kier alpha value is -3.26. The summed E-state index contributed by atoms with van der Waals surface area (Å²) in [7, 11) is 1.65. The third-order valence-electron chi connectivity index (χ3n) is 5.90. The lowest BCUT2D eigenvalue weighted by atomic mass is 10.1. The first-order valence-electron chi connectivity index (χ1n) is 11.2. The van der Waals surface area contributed by atoms with Crippen LogP contribution in [-0.2, 0) is 0 Å². The first-order chi connectivity index (χ1) is 15.8. The fourth-order valence-electron chi connectivity index (χ4n) is 4.25. The molecule has 1 aromatic heterocycles. The summed E-state index contributed by atoms with van der Waals surface area (Å²) in [5.74, 6) is 3.41. The highest BCUT2D eigenvalue weighted by Crippen LogP contribution is 2.41. The quantitative estimate of drug-likeness (QED) is 0.522. The van der Waals surface area contributed by atoms with Gasteiger partial charge in [0.25, 0.3) is 0 Å². The molecule has 3 aromatic rings. The summed E-state index contributed by atoms with van der Waals surface area (Å²) in [4.78, 5) is 11.4. The highest BCUT2D eigenvalue weighted by atomic mass is 16.7. The summed E-state index contributed by atoms with van der Waals surface area (Å²) in [6, 6.07) is 9.55. The molecule has 0 unspecified atom stereocenters. The van der Waals surface area contributed by atoms with Crippen LogP contribution >= 0.6 is 0 Å². The molecule has 1 N–H and O–H groups in total. The summed E-state index contributed by atoms with van der Waals surface area (Å²) < 4.78 is 22.8. The van der Waals surface area contributed by atoms with E-state index in [1.165, 1.54) is 38.7 Å². The van der Waals surface area contributed by atoms with Gasteiger partial charge in [0, 0.05) is 18.0 Å². The number of para-hydroxylation sites is 1. The predicted molar refractivity (Wildman–Crippen MR) is 122 cm³/mol. The normalized spacial score (nSPS) is 15.7. The number of methoxy groups -OCH3 is 1. The van der Waals surface area contributed by atoms with Crippen molar-refractivity contribution in [3.8, 4) is 23.0 Å². The molecular weight excluding hydrogens is 408 g/mol. The second kappa shape index (κ2) is 9.48. The van der Waals surface area contributed by atoms with Crippen LogP contribution in [0.2, 0.25) is 0 Å². The predicted octanol–water partition coefficient (Wildman–Crippen LogP) is 4.37. The summed E-state index contributed by atoms with van der Waals surface area (Å²) in [5.41, 5.74) is 1.57. The van der Waals surface area contributed by atoms with Gasteiger partial charge in [0.15, 0.2) is 23.0 Å². The molecule has 0 aliphatic carbocycles. The molecule has 2 aliphatic rings. The van der Waals surface area contributed by atoms with E-state index in [9.17, 15) is 0 Å². The van der Waals surface area contributed by atoms with E-state index >= 15 is 0 Å². The second-order valence-electron chi connectivity index (χ2n) is 8.01. The molecule has 168 valence electrons. The molecule has 32 heavy (non-hydrogen) atoms. The molecule has 0 atom stereocenters. The Bertz CT molecular complexity index is 1090. The second-order valence-corrected chi connectivity index (χ2v) is 8.01. The standard InChI is InChI=1S/C24H28N4O4/c1-29-21-13-17-19(14-22(21)30-12-6-11-28-9-3-2-4-10-28)25-15-26-24(17)27-18-7-5-8-20-23(18)32-16-31-20/h5,7-8,13-15H,2-4,6,9-12,16H2,1H3,(H,25,26,27). The minimum absolute atomic E-state index is 0.213. The number of fused-ring (bicyclic) bond motifs is 2. The van der Waals surface area contributed by atoms with Gasteiger partial charge in [0.2, 0.25) is 6.79 Å². The molecule has 2 aromatic carbocycles. The smallest absolute Gasteiger partial charge is 0.231 e. The number of likely N-dealkylation sites (tertiary alicyclic amines) is 1. The SMILES string of the molecule is COc1cc2c(Nc3cccc4c3OCO4)ncnc2cc1OCCCN1CCCCC1. The number of nitrogens with one attached hydrogen (secondary N) is 1. The Kier molecular flexibility index (Phi) is 6.11. The molecule has 0 radical (unpaired) electrons. The minimum atomic E-state index is 0.213. The summed E-state index contributed by atoms with van der Waals surface area (Å²) >= 11 is 0. The Morgan fingerprint density at radius 2 is 1.97 bits per heavy atom. The number of ether oxygens (including phenoxy) is 4. The van der Waals surface area contributed by atoms with Crippen molar-refractivity contribution in [2.75, 3.05) is 45.5 Å². The van der Waals surface area contributed by atoms with Crippen LogP contribution in [0, 0.1) is 0 Å². The maximum atomic E-state index is 6.08. The van der Waals surface area contributed by atoms with Crippen LogP contribution < -0.4 is 24.3 Å². The lowest BCUT2D eigenvalue weighted by Crippen LogP contribution is -2.31. The van der Waals surface area contributed by atoms with Crippen LogP contribution in [0.5, 0.6) is 23.0 Å². The van der Waals surface area contributed by atoms with Crippen molar-refractivity contribution < 1.29 is 18.9 Å². The average Bonchev–Trinajstić information content (AvgIpc) is 3.32. The molecule has 3 heterocycles. The van der Waals surface area contributed by atoms with Crippen molar-refractivity contribution in [1.82, 2.24) is 14.9 Å². The highest BCUT2D eigenvalue weighted by Gasteiger charge is 2.19. The molecule has 8 nitrogen and oxygen atoms in total. The van der Waals surface area contributed by atoms with E-state index in [0.717, 1.165) is 29.6 Å². The van der Waals surface area contributed by atoms with Gasteiger partial charge in [-0.3, -0.25) is 0 Å². The maximum absolute atomic E-state index is 6.08. The van der Waals surface area contributed by atoms with E-state index in [1.54, 1.807) is 7.11 Å². The van der Waals surface area contributed by atoms with E-state index in [0.29, 0.717) is 35.4 Å². The Balaban J connectivity index is 1.33. The topological polar surface area (TPSA) is 78.0 Å². The van der Waals surface area contributed by atoms with Crippen LogP contribution in [0.15, 0.2) is 36.7 Å². The fraction of sp³-hybridized carbons (Fsp3) is 0.417. The van der Waals surface area contributed by atoms with E-state index in [2.05, 4.69) is 20.2 Å². The van der Waals surface area contributed by atoms with Gasteiger partial charge < -0.3 is 29.2 Å². The number of aromatic nitrogens is 2. The molecule has 0 bridgehead atoms. The first-order valence-corrected chi connectivity index (χ1v) is 11.2. The van der Waals surface area contributed by atoms with Gasteiger partial charge in [-0.1, -0.05) is 12.5 Å². The molecule has 1 fully saturated rings. The van der Waals surface area contributed by atoms with Gasteiger partial charge >= 0.3 is 0 Å². The van der Waals surface area contributed by atoms with Crippen molar-refractivity contribution in [3.63, 3.8) is 0 Å². The van der Waals surface area contributed by atoms with Gasteiger partial charge in [0.05, 0.1) is 24.9 Å². The van der Waals surface area contributed by atoms with Crippen LogP contribution in [0.4, 0.5) is 11.5 Å². The molecule has 0 spiro atoms. The first kappa shape index (κ1) is 20.6. The molecule has 0 amide bonds. The molecule has 2 aliphatic heterocycles. The third kappa shape index (κ3) is 4.36. The lowest BCUT2D eigenvalue weighted by Gasteiger charge is -2.26. The van der Waals surface area contributed by atoms with E-state index < -0.39 is 0 Å². The van der Waals surface area contributed by atoms with Crippen molar-refractivity contribution >= 4 is 22.4 Å². The number of rotatable bonds is 8. The largest absolute Gasteiger partial charge is 0.493 e. The van der Waals surface area contributed by atoms with E-state index in [1.807, 2.05) is 30.3 Å². The maximum Gasteiger partial charge on any atom is 0.231 e. The highest BCUT2D eigenvalue weighted by molar-refractivity contribution is 5.93. The summed E-state index contributed by atoms with van der Waals surface area (Å²) in [6.45, 7) is 4.33. The molecular formula is C24H28N4O4. The fourth-order valence-corrected chi connectivity index (χ4v) is 4.25. The number of hydrogen-bond donors (Lipinski definition) is 1. The van der Waals surface area contributed by atoms with E-state index in [4.69, 9.17) is 18.9 Å².